The van der Waals surface area contributed by atoms with Crippen molar-refractivity contribution in [3.8, 4) is 0 Å². The van der Waals surface area contributed by atoms with E-state index in [1.807, 2.05) is 32.9 Å². The van der Waals surface area contributed by atoms with Crippen LogP contribution in [-0.4, -0.2) is 36.8 Å². The van der Waals surface area contributed by atoms with Crippen LogP contribution in [-0.2, 0) is 14.0 Å². The molecule has 1 fully saturated rings. The minimum absolute atomic E-state index is 0.330. The van der Waals surface area contributed by atoms with Crippen molar-refractivity contribution >= 4 is 30.2 Å². The Balaban J connectivity index is 2.16. The number of halogens is 1. The highest BCUT2D eigenvalue weighted by Gasteiger charge is 2.54. The van der Waals surface area contributed by atoms with Crippen LogP contribution in [0.1, 0.15) is 38.1 Å². The summed E-state index contributed by atoms with van der Waals surface area (Å²) < 4.78 is 16.9. The van der Waals surface area contributed by atoms with Gasteiger partial charge in [-0.05, 0) is 45.3 Å². The highest BCUT2D eigenvalue weighted by molar-refractivity contribution is 6.62. The summed E-state index contributed by atoms with van der Waals surface area (Å²) in [5.41, 5.74) is 0.320. The largest absolute Gasteiger partial charge is 0.494 e. The van der Waals surface area contributed by atoms with Crippen molar-refractivity contribution in [1.82, 2.24) is 0 Å². The van der Waals surface area contributed by atoms with E-state index < -0.39 is 18.3 Å². The van der Waals surface area contributed by atoms with Crippen LogP contribution in [0.25, 0.3) is 0 Å². The zero-order valence-corrected chi connectivity index (χ0v) is 13.6. The molecular weight excluding hydrogens is 290 g/mol. The van der Waals surface area contributed by atoms with Gasteiger partial charge in [0.15, 0.2) is 0 Å². The first-order chi connectivity index (χ1) is 9.83. The molecule has 0 saturated carbocycles. The molecule has 0 aliphatic carbocycles. The summed E-state index contributed by atoms with van der Waals surface area (Å²) >= 11 is 6.02. The third-order valence-corrected chi connectivity index (χ3v) is 4.50. The van der Waals surface area contributed by atoms with Crippen LogP contribution in [0.5, 0.6) is 0 Å². The van der Waals surface area contributed by atoms with E-state index >= 15 is 0 Å². The molecule has 1 atom stereocenters. The third kappa shape index (κ3) is 3.10. The van der Waals surface area contributed by atoms with Gasteiger partial charge in [-0.1, -0.05) is 12.1 Å². The van der Waals surface area contributed by atoms with Gasteiger partial charge in [0.05, 0.1) is 29.3 Å². The van der Waals surface area contributed by atoms with Gasteiger partial charge in [-0.25, -0.2) is 4.79 Å². The molecule has 0 spiro atoms. The first kappa shape index (κ1) is 16.3. The van der Waals surface area contributed by atoms with Crippen LogP contribution >= 0.6 is 11.6 Å². The van der Waals surface area contributed by atoms with E-state index in [4.69, 9.17) is 25.6 Å². The topological polar surface area (TPSA) is 44.8 Å². The monoisotopic (exact) mass is 310 g/mol. The molecule has 1 aromatic carbocycles. The van der Waals surface area contributed by atoms with Crippen molar-refractivity contribution in [2.45, 2.75) is 38.9 Å². The second-order valence-corrected chi connectivity index (χ2v) is 6.05. The molecule has 6 heteroatoms. The smallest absolute Gasteiger partial charge is 0.462 e. The molecule has 114 valence electrons. The number of carbonyl (C=O) groups is 1. The summed E-state index contributed by atoms with van der Waals surface area (Å²) in [6.45, 7) is 8.00. The molecule has 1 aliphatic rings. The Morgan fingerprint density at radius 1 is 1.24 bits per heavy atom. The number of hydrogen-bond donors (Lipinski definition) is 0. The van der Waals surface area contributed by atoms with E-state index in [0.29, 0.717) is 18.1 Å². The Morgan fingerprint density at radius 2 is 1.86 bits per heavy atom. The van der Waals surface area contributed by atoms with Crippen LogP contribution in [0.3, 0.4) is 0 Å². The molecule has 0 aromatic heterocycles. The van der Waals surface area contributed by atoms with Crippen molar-refractivity contribution in [1.29, 1.82) is 0 Å². The summed E-state index contributed by atoms with van der Waals surface area (Å²) in [7, 11) is -0.486. The molecule has 21 heavy (non-hydrogen) atoms. The molecule has 0 amide bonds. The molecule has 1 unspecified atom stereocenters. The SMILES string of the molecule is CCOC(=O)c1ccc(B2OC(C)(C)C(C)(CCl)O2)cc1. The van der Waals surface area contributed by atoms with Crippen LogP contribution < -0.4 is 5.46 Å². The van der Waals surface area contributed by atoms with Gasteiger partial charge in [0.25, 0.3) is 0 Å². The number of ether oxygens (including phenoxy) is 1. The predicted molar refractivity (Wildman–Crippen MR) is 83.2 cm³/mol. The lowest BCUT2D eigenvalue weighted by Crippen LogP contribution is -2.46. The van der Waals surface area contributed by atoms with E-state index in [0.717, 1.165) is 5.46 Å². The molecule has 0 N–H and O–H groups in total. The lowest BCUT2D eigenvalue weighted by molar-refractivity contribution is 0.00860. The normalized spacial score (nSPS) is 24.1. The maximum absolute atomic E-state index is 11.6. The van der Waals surface area contributed by atoms with Gasteiger partial charge >= 0.3 is 13.1 Å². The van der Waals surface area contributed by atoms with Crippen molar-refractivity contribution in [3.05, 3.63) is 29.8 Å². The summed E-state index contributed by atoms with van der Waals surface area (Å²) in [6.07, 6.45) is 0. The van der Waals surface area contributed by atoms with Crippen LogP contribution in [0, 0.1) is 0 Å². The minimum Gasteiger partial charge on any atom is -0.462 e. The second kappa shape index (κ2) is 5.99. The average molecular weight is 311 g/mol. The lowest BCUT2D eigenvalue weighted by Gasteiger charge is -2.34. The summed E-state index contributed by atoms with van der Waals surface area (Å²) in [5, 5.41) is 0. The molecule has 1 aliphatic heterocycles. The van der Waals surface area contributed by atoms with E-state index in [9.17, 15) is 4.79 Å². The predicted octanol–water partition coefficient (Wildman–Crippen LogP) is 2.38. The number of hydrogen-bond acceptors (Lipinski definition) is 4. The van der Waals surface area contributed by atoms with Crippen LogP contribution in [0.4, 0.5) is 0 Å². The van der Waals surface area contributed by atoms with Gasteiger partial charge in [-0.3, -0.25) is 0 Å². The molecule has 1 aromatic rings. The fourth-order valence-electron chi connectivity index (χ4n) is 2.11. The van der Waals surface area contributed by atoms with Gasteiger partial charge in [-0.2, -0.15) is 0 Å². The maximum atomic E-state index is 11.6. The summed E-state index contributed by atoms with van der Waals surface area (Å²) in [4.78, 5) is 11.6. The molecular formula is C15H20BClO4. The van der Waals surface area contributed by atoms with Gasteiger partial charge in [0.1, 0.15) is 0 Å². The number of benzene rings is 1. The fourth-order valence-corrected chi connectivity index (χ4v) is 2.50. The number of alkyl halides is 1. The van der Waals surface area contributed by atoms with Gasteiger partial charge in [-0.15, -0.1) is 11.6 Å². The highest BCUT2D eigenvalue weighted by atomic mass is 35.5. The van der Waals surface area contributed by atoms with E-state index in [1.54, 1.807) is 19.1 Å². The molecule has 0 bridgehead atoms. The molecule has 0 radical (unpaired) electrons. The number of carbonyl (C=O) groups excluding carboxylic acids is 1. The number of esters is 1. The Morgan fingerprint density at radius 3 is 2.33 bits per heavy atom. The molecule has 1 saturated heterocycles. The first-order valence-corrected chi connectivity index (χ1v) is 7.55. The molecule has 2 rings (SSSR count). The van der Waals surface area contributed by atoms with Crippen molar-refractivity contribution in [3.63, 3.8) is 0 Å². The quantitative estimate of drug-likeness (QED) is 0.486. The zero-order chi connectivity index (χ0) is 15.7. The summed E-state index contributed by atoms with van der Waals surface area (Å²) in [6, 6.07) is 7.05. The molecule has 4 nitrogen and oxygen atoms in total. The molecule has 1 heterocycles. The van der Waals surface area contributed by atoms with Gasteiger partial charge in [0.2, 0.25) is 0 Å². The first-order valence-electron chi connectivity index (χ1n) is 7.01. The van der Waals surface area contributed by atoms with Crippen molar-refractivity contribution < 1.29 is 18.8 Å². The van der Waals surface area contributed by atoms with Crippen molar-refractivity contribution in [2.24, 2.45) is 0 Å². The van der Waals surface area contributed by atoms with E-state index in [1.165, 1.54) is 0 Å². The Bertz CT molecular complexity index is 517. The maximum Gasteiger partial charge on any atom is 0.494 e. The summed E-state index contributed by atoms with van der Waals surface area (Å²) in [5.74, 6) is 0.0143. The van der Waals surface area contributed by atoms with Crippen LogP contribution in [0.15, 0.2) is 24.3 Å². The van der Waals surface area contributed by atoms with E-state index in [-0.39, 0.29) is 5.97 Å². The van der Waals surface area contributed by atoms with Crippen LogP contribution in [0.2, 0.25) is 0 Å². The Labute approximate surface area is 130 Å². The number of rotatable bonds is 4. The average Bonchev–Trinajstić information content (AvgIpc) is 2.70. The zero-order valence-electron chi connectivity index (χ0n) is 12.8. The Hall–Kier alpha value is -1.04. The minimum atomic E-state index is -0.557. The second-order valence-electron chi connectivity index (χ2n) is 5.78. The van der Waals surface area contributed by atoms with Crippen molar-refractivity contribution in [2.75, 3.05) is 12.5 Å². The Kier molecular flexibility index (Phi) is 4.66. The fraction of sp³-hybridized carbons (Fsp3) is 0.533. The highest BCUT2D eigenvalue weighted by Crippen LogP contribution is 2.37. The third-order valence-electron chi connectivity index (χ3n) is 3.99. The van der Waals surface area contributed by atoms with Gasteiger partial charge in [0, 0.05) is 0 Å². The standard InChI is InChI=1S/C15H20BClO4/c1-5-19-13(18)11-6-8-12(9-7-11)16-20-14(2,3)15(4,10-17)21-16/h6-9H,5,10H2,1-4H3. The van der Waals surface area contributed by atoms with Gasteiger partial charge < -0.3 is 14.0 Å². The lowest BCUT2D eigenvalue weighted by atomic mass is 9.79. The van der Waals surface area contributed by atoms with E-state index in [2.05, 4.69) is 0 Å².